The van der Waals surface area contributed by atoms with Gasteiger partial charge in [-0.05, 0) is 49.7 Å². The molecule has 1 aliphatic carbocycles. The molecule has 0 bridgehead atoms. The maximum Gasteiger partial charge on any atom is 0.271 e. The van der Waals surface area contributed by atoms with Crippen LogP contribution >= 0.6 is 0 Å². The van der Waals surface area contributed by atoms with Crippen LogP contribution in [0.4, 0.5) is 0 Å². The largest absolute Gasteiger partial charge is 0.350 e. The molecule has 1 aliphatic rings. The van der Waals surface area contributed by atoms with Crippen molar-refractivity contribution >= 4 is 11.8 Å². The predicted molar refractivity (Wildman–Crippen MR) is 101 cm³/mol. The van der Waals surface area contributed by atoms with E-state index in [4.69, 9.17) is 0 Å². The first kappa shape index (κ1) is 18.9. The van der Waals surface area contributed by atoms with Gasteiger partial charge in [0.05, 0.1) is 17.9 Å². The highest BCUT2D eigenvalue weighted by atomic mass is 16.2. The summed E-state index contributed by atoms with van der Waals surface area (Å²) >= 11 is 0. The van der Waals surface area contributed by atoms with Crippen LogP contribution in [0.2, 0.25) is 0 Å². The van der Waals surface area contributed by atoms with Crippen molar-refractivity contribution in [2.24, 2.45) is 11.8 Å². The van der Waals surface area contributed by atoms with Gasteiger partial charge < -0.3 is 10.6 Å². The van der Waals surface area contributed by atoms with E-state index in [0.717, 1.165) is 31.4 Å². The fourth-order valence-electron chi connectivity index (χ4n) is 3.68. The second kappa shape index (κ2) is 9.21. The van der Waals surface area contributed by atoms with Crippen LogP contribution < -0.4 is 10.6 Å². The van der Waals surface area contributed by atoms with Crippen LogP contribution in [0.3, 0.4) is 0 Å². The minimum Gasteiger partial charge on any atom is -0.350 e. The summed E-state index contributed by atoms with van der Waals surface area (Å²) in [5.74, 6) is 0.568. The number of aromatic nitrogens is 3. The monoisotopic (exact) mass is 367 g/mol. The van der Waals surface area contributed by atoms with Crippen molar-refractivity contribution in [1.29, 1.82) is 0 Å². The average molecular weight is 367 g/mol. The number of nitrogens with one attached hydrogen (secondary N) is 2. The number of nitrogens with zero attached hydrogens (tertiary/aromatic N) is 3. The lowest BCUT2D eigenvalue weighted by atomic mass is 9.77. The van der Waals surface area contributed by atoms with Gasteiger partial charge in [0.1, 0.15) is 5.69 Å². The summed E-state index contributed by atoms with van der Waals surface area (Å²) in [5.41, 5.74) is 1.25. The minimum atomic E-state index is -0.185. The zero-order valence-electron chi connectivity index (χ0n) is 15.5. The Kier molecular flexibility index (Phi) is 6.46. The summed E-state index contributed by atoms with van der Waals surface area (Å²) < 4.78 is 0. The van der Waals surface area contributed by atoms with Crippen LogP contribution in [0.25, 0.3) is 0 Å². The zero-order chi connectivity index (χ0) is 19.1. The van der Waals surface area contributed by atoms with E-state index in [1.165, 1.54) is 12.4 Å². The highest BCUT2D eigenvalue weighted by Crippen LogP contribution is 2.36. The first-order valence-electron chi connectivity index (χ1n) is 9.35. The van der Waals surface area contributed by atoms with Gasteiger partial charge in [-0.3, -0.25) is 19.6 Å². The molecule has 3 rings (SSSR count). The molecule has 2 aromatic heterocycles. The van der Waals surface area contributed by atoms with Crippen molar-refractivity contribution in [1.82, 2.24) is 25.6 Å². The fraction of sp³-hybridized carbons (Fsp3) is 0.450. The van der Waals surface area contributed by atoms with Gasteiger partial charge in [-0.25, -0.2) is 4.98 Å². The summed E-state index contributed by atoms with van der Waals surface area (Å²) in [5, 5.41) is 6.02. The summed E-state index contributed by atoms with van der Waals surface area (Å²) in [6.07, 6.45) is 10.3. The number of carbonyl (C=O) groups is 2. The molecule has 0 radical (unpaired) electrons. The highest BCUT2D eigenvalue weighted by molar-refractivity contribution is 5.91. The van der Waals surface area contributed by atoms with Gasteiger partial charge in [-0.1, -0.05) is 6.07 Å². The standard InChI is InChI=1S/C20H25N5O2/c1-14(26)25-19(17-4-2-3-9-22-17)16-7-5-15(6-8-16)12-24-20(27)18-13-21-10-11-23-18/h2-4,9-11,13,15-16,19H,5-8,12H2,1H3,(H,24,27)(H,25,26). The molecule has 1 fully saturated rings. The zero-order valence-corrected chi connectivity index (χ0v) is 15.5. The third-order valence-corrected chi connectivity index (χ3v) is 5.08. The van der Waals surface area contributed by atoms with E-state index in [2.05, 4.69) is 25.6 Å². The number of hydrogen-bond acceptors (Lipinski definition) is 5. The third-order valence-electron chi connectivity index (χ3n) is 5.08. The van der Waals surface area contributed by atoms with Crippen molar-refractivity contribution in [3.8, 4) is 0 Å². The van der Waals surface area contributed by atoms with E-state index in [-0.39, 0.29) is 17.9 Å². The lowest BCUT2D eigenvalue weighted by Crippen LogP contribution is -2.36. The normalized spacial score (nSPS) is 20.5. The molecule has 1 unspecified atom stereocenters. The van der Waals surface area contributed by atoms with Crippen molar-refractivity contribution in [3.05, 3.63) is 54.4 Å². The SMILES string of the molecule is CC(=O)NC(c1ccccn1)C1CCC(CNC(=O)c2cnccn2)CC1. The lowest BCUT2D eigenvalue weighted by Gasteiger charge is -2.34. The molecule has 1 saturated carbocycles. The highest BCUT2D eigenvalue weighted by Gasteiger charge is 2.30. The molecule has 0 saturated heterocycles. The number of carbonyl (C=O) groups excluding carboxylic acids is 2. The van der Waals surface area contributed by atoms with Gasteiger partial charge in [0.2, 0.25) is 5.91 Å². The molecule has 7 nitrogen and oxygen atoms in total. The Bertz CT molecular complexity index is 745. The summed E-state index contributed by atoms with van der Waals surface area (Å²) in [4.78, 5) is 36.1. The molecule has 0 spiro atoms. The Morgan fingerprint density at radius 1 is 1.11 bits per heavy atom. The Labute approximate surface area is 159 Å². The van der Waals surface area contributed by atoms with Gasteiger partial charge >= 0.3 is 0 Å². The maximum absolute atomic E-state index is 12.1. The Balaban J connectivity index is 1.52. The van der Waals surface area contributed by atoms with E-state index in [1.807, 2.05) is 18.2 Å². The second-order valence-corrected chi connectivity index (χ2v) is 7.01. The lowest BCUT2D eigenvalue weighted by molar-refractivity contribution is -0.120. The molecule has 2 aromatic rings. The first-order chi connectivity index (χ1) is 13.1. The average Bonchev–Trinajstić information content (AvgIpc) is 2.72. The summed E-state index contributed by atoms with van der Waals surface area (Å²) in [6.45, 7) is 2.18. The van der Waals surface area contributed by atoms with E-state index in [0.29, 0.717) is 24.1 Å². The van der Waals surface area contributed by atoms with Gasteiger partial charge in [0.15, 0.2) is 0 Å². The van der Waals surface area contributed by atoms with E-state index in [9.17, 15) is 9.59 Å². The van der Waals surface area contributed by atoms with Crippen LogP contribution in [0.15, 0.2) is 43.0 Å². The topological polar surface area (TPSA) is 96.9 Å². The number of hydrogen-bond donors (Lipinski definition) is 2. The molecule has 142 valence electrons. The Morgan fingerprint density at radius 2 is 1.93 bits per heavy atom. The number of amides is 2. The Hall–Kier alpha value is -2.83. The van der Waals surface area contributed by atoms with Crippen LogP contribution in [-0.4, -0.2) is 33.3 Å². The van der Waals surface area contributed by atoms with Gasteiger partial charge in [0.25, 0.3) is 5.91 Å². The molecular weight excluding hydrogens is 342 g/mol. The minimum absolute atomic E-state index is 0.0380. The van der Waals surface area contributed by atoms with Crippen molar-refractivity contribution < 1.29 is 9.59 Å². The molecule has 2 amide bonds. The smallest absolute Gasteiger partial charge is 0.271 e. The number of rotatable bonds is 6. The van der Waals surface area contributed by atoms with Crippen LogP contribution in [0, 0.1) is 11.8 Å². The maximum atomic E-state index is 12.1. The number of pyridine rings is 1. The van der Waals surface area contributed by atoms with Gasteiger partial charge in [-0.15, -0.1) is 0 Å². The van der Waals surface area contributed by atoms with Crippen molar-refractivity contribution in [3.63, 3.8) is 0 Å². The van der Waals surface area contributed by atoms with Crippen LogP contribution in [0.5, 0.6) is 0 Å². The van der Waals surface area contributed by atoms with Crippen LogP contribution in [0.1, 0.15) is 54.8 Å². The predicted octanol–water partition coefficient (Wildman–Crippen LogP) is 2.29. The molecule has 0 aliphatic heterocycles. The van der Waals surface area contributed by atoms with Gasteiger partial charge in [0, 0.05) is 32.1 Å². The quantitative estimate of drug-likeness (QED) is 0.816. The fourth-order valence-corrected chi connectivity index (χ4v) is 3.68. The molecule has 27 heavy (non-hydrogen) atoms. The summed E-state index contributed by atoms with van der Waals surface area (Å²) in [6, 6.07) is 5.74. The van der Waals surface area contributed by atoms with Gasteiger partial charge in [-0.2, -0.15) is 0 Å². The van der Waals surface area contributed by atoms with Crippen LogP contribution in [-0.2, 0) is 4.79 Å². The molecule has 2 heterocycles. The Morgan fingerprint density at radius 3 is 2.56 bits per heavy atom. The summed E-state index contributed by atoms with van der Waals surface area (Å²) in [7, 11) is 0. The van der Waals surface area contributed by atoms with E-state index in [1.54, 1.807) is 19.3 Å². The third kappa shape index (κ3) is 5.32. The molecule has 0 aromatic carbocycles. The molecule has 1 atom stereocenters. The first-order valence-corrected chi connectivity index (χ1v) is 9.35. The van der Waals surface area contributed by atoms with E-state index >= 15 is 0 Å². The van der Waals surface area contributed by atoms with Crippen molar-refractivity contribution in [2.45, 2.75) is 38.6 Å². The molecule has 7 heteroatoms. The molecule has 2 N–H and O–H groups in total. The van der Waals surface area contributed by atoms with Crippen molar-refractivity contribution in [2.75, 3.05) is 6.54 Å². The second-order valence-electron chi connectivity index (χ2n) is 7.01. The molecular formula is C20H25N5O2. The van der Waals surface area contributed by atoms with E-state index < -0.39 is 0 Å².